The Morgan fingerprint density at radius 1 is 1.10 bits per heavy atom. The number of carbonyl (C=O) groups is 1. The summed E-state index contributed by atoms with van der Waals surface area (Å²) in [4.78, 5) is 29.0. The Morgan fingerprint density at radius 3 is 2.52 bits per heavy atom. The average molecular weight is 545 g/mol. The van der Waals surface area contributed by atoms with E-state index in [4.69, 9.17) is 0 Å². The van der Waals surface area contributed by atoms with Gasteiger partial charge in [0.05, 0.1) is 18.1 Å². The molecule has 0 spiro atoms. The first-order valence-corrected chi connectivity index (χ1v) is 15.4. The molecule has 2 fully saturated rings. The second kappa shape index (κ2) is 12.8. The van der Waals surface area contributed by atoms with Crippen molar-refractivity contribution >= 4 is 11.6 Å². The lowest BCUT2D eigenvalue weighted by Gasteiger charge is -2.40. The van der Waals surface area contributed by atoms with Crippen LogP contribution in [-0.4, -0.2) is 78.5 Å². The number of aryl methyl sites for hydroxylation is 1. The fraction of sp³-hybridized carbons (Fsp3) is 0.636. The molecule has 5 rings (SSSR count). The molecule has 1 aromatic heterocycles. The zero-order chi connectivity index (χ0) is 28.2. The number of aromatic amines is 1. The van der Waals surface area contributed by atoms with E-state index in [0.29, 0.717) is 18.0 Å². The van der Waals surface area contributed by atoms with E-state index in [9.17, 15) is 4.79 Å². The smallest absolute Gasteiger partial charge is 0.252 e. The summed E-state index contributed by atoms with van der Waals surface area (Å²) in [5.74, 6) is 7.48. The van der Waals surface area contributed by atoms with Crippen LogP contribution in [0.4, 0.5) is 5.69 Å². The zero-order valence-corrected chi connectivity index (χ0v) is 25.2. The topological polar surface area (TPSA) is 67.5 Å². The lowest BCUT2D eigenvalue weighted by molar-refractivity contribution is 0.0931. The third-order valence-corrected chi connectivity index (χ3v) is 9.56. The molecular weight excluding hydrogens is 496 g/mol. The Balaban J connectivity index is 1.45. The predicted molar refractivity (Wildman–Crippen MR) is 163 cm³/mol. The maximum atomic E-state index is 13.9. The highest BCUT2D eigenvalue weighted by Crippen LogP contribution is 2.34. The molecular formula is C33H48N6O. The molecule has 1 aliphatic heterocycles. The number of imidazole rings is 1. The van der Waals surface area contributed by atoms with Gasteiger partial charge in [0, 0.05) is 47.1 Å². The van der Waals surface area contributed by atoms with Crippen LogP contribution < -0.4 is 10.2 Å². The summed E-state index contributed by atoms with van der Waals surface area (Å²) >= 11 is 0. The van der Waals surface area contributed by atoms with Gasteiger partial charge in [0.1, 0.15) is 0 Å². The van der Waals surface area contributed by atoms with Crippen molar-refractivity contribution in [2.24, 2.45) is 5.92 Å². The van der Waals surface area contributed by atoms with Gasteiger partial charge in [0.2, 0.25) is 0 Å². The third-order valence-electron chi connectivity index (χ3n) is 9.56. The van der Waals surface area contributed by atoms with Gasteiger partial charge in [0.25, 0.3) is 5.91 Å². The fourth-order valence-corrected chi connectivity index (χ4v) is 6.98. The number of amides is 1. The zero-order valence-electron chi connectivity index (χ0n) is 25.2. The molecule has 1 atom stereocenters. The van der Waals surface area contributed by atoms with Crippen molar-refractivity contribution in [3.05, 3.63) is 46.5 Å². The summed E-state index contributed by atoms with van der Waals surface area (Å²) in [5, 5.41) is 3.34. The molecule has 2 aromatic rings. The Hall–Kier alpha value is -2.82. The highest BCUT2D eigenvalue weighted by Gasteiger charge is 2.30. The number of nitrogens with one attached hydrogen (secondary N) is 2. The van der Waals surface area contributed by atoms with Crippen LogP contribution in [0.1, 0.15) is 97.2 Å². The third kappa shape index (κ3) is 6.39. The van der Waals surface area contributed by atoms with Crippen LogP contribution in [0.5, 0.6) is 0 Å². The number of H-pyrrole nitrogens is 1. The van der Waals surface area contributed by atoms with E-state index in [1.54, 1.807) is 6.33 Å². The van der Waals surface area contributed by atoms with Crippen LogP contribution >= 0.6 is 0 Å². The van der Waals surface area contributed by atoms with Crippen molar-refractivity contribution in [3.63, 3.8) is 0 Å². The van der Waals surface area contributed by atoms with Gasteiger partial charge >= 0.3 is 0 Å². The van der Waals surface area contributed by atoms with Crippen LogP contribution in [0.25, 0.3) is 0 Å². The molecule has 0 bridgehead atoms. The number of nitrogens with zero attached hydrogens (tertiary/aromatic N) is 4. The van der Waals surface area contributed by atoms with Crippen LogP contribution in [-0.2, 0) is 6.42 Å². The average Bonchev–Trinajstić information content (AvgIpc) is 3.45. The van der Waals surface area contributed by atoms with Crippen LogP contribution in [0.3, 0.4) is 0 Å². The van der Waals surface area contributed by atoms with Crippen LogP contribution in [0.2, 0.25) is 0 Å². The summed E-state index contributed by atoms with van der Waals surface area (Å²) in [6.07, 6.45) is 11.7. The van der Waals surface area contributed by atoms with Gasteiger partial charge in [-0.2, -0.15) is 0 Å². The van der Waals surface area contributed by atoms with Gasteiger partial charge < -0.3 is 25.0 Å². The van der Waals surface area contributed by atoms with Gasteiger partial charge in [-0.15, -0.1) is 0 Å². The number of piperidine rings is 1. The molecule has 1 saturated carbocycles. The molecule has 2 N–H and O–H groups in total. The maximum absolute atomic E-state index is 13.9. The molecule has 7 nitrogen and oxygen atoms in total. The van der Waals surface area contributed by atoms with Crippen molar-refractivity contribution in [1.82, 2.24) is 25.1 Å². The first kappa shape index (κ1) is 28.7. The largest absolute Gasteiger partial charge is 0.369 e. The molecule has 1 unspecified atom stereocenters. The van der Waals surface area contributed by atoms with Crippen LogP contribution in [0.15, 0.2) is 18.5 Å². The van der Waals surface area contributed by atoms with Crippen molar-refractivity contribution in [2.45, 2.75) is 89.8 Å². The van der Waals surface area contributed by atoms with Gasteiger partial charge in [-0.25, -0.2) is 4.98 Å². The number of hydrogen-bond donors (Lipinski definition) is 2. The molecule has 1 aromatic carbocycles. The second-order valence-electron chi connectivity index (χ2n) is 12.4. The summed E-state index contributed by atoms with van der Waals surface area (Å²) in [6, 6.07) is 5.37. The number of likely N-dealkylation sites (tertiary alicyclic amines) is 1. The number of benzene rings is 1. The molecule has 2 heterocycles. The lowest BCUT2D eigenvalue weighted by Crippen LogP contribution is -2.42. The molecule has 7 heteroatoms. The lowest BCUT2D eigenvalue weighted by atomic mass is 9.88. The number of carbonyl (C=O) groups excluding carboxylic acids is 1. The van der Waals surface area contributed by atoms with E-state index in [-0.39, 0.29) is 11.9 Å². The molecule has 1 amide bonds. The summed E-state index contributed by atoms with van der Waals surface area (Å²) in [7, 11) is 6.58. The maximum Gasteiger partial charge on any atom is 0.252 e. The van der Waals surface area contributed by atoms with Gasteiger partial charge in [-0.1, -0.05) is 11.8 Å². The quantitative estimate of drug-likeness (QED) is 0.506. The minimum Gasteiger partial charge on any atom is -0.369 e. The molecule has 2 aliphatic carbocycles. The van der Waals surface area contributed by atoms with E-state index in [2.05, 4.69) is 82.9 Å². The van der Waals surface area contributed by atoms with E-state index < -0.39 is 0 Å². The molecule has 0 radical (unpaired) electrons. The van der Waals surface area contributed by atoms with Gasteiger partial charge in [-0.3, -0.25) is 4.79 Å². The Morgan fingerprint density at radius 2 is 1.82 bits per heavy atom. The van der Waals surface area contributed by atoms with E-state index in [0.717, 1.165) is 79.8 Å². The van der Waals surface area contributed by atoms with Crippen LogP contribution in [0, 0.1) is 24.7 Å². The van der Waals surface area contributed by atoms with Gasteiger partial charge in [0.15, 0.2) is 0 Å². The van der Waals surface area contributed by atoms with E-state index >= 15 is 0 Å². The molecule has 40 heavy (non-hydrogen) atoms. The van der Waals surface area contributed by atoms with Crippen molar-refractivity contribution in [1.29, 1.82) is 0 Å². The minimum absolute atomic E-state index is 0.0186. The Labute approximate surface area is 241 Å². The van der Waals surface area contributed by atoms with Gasteiger partial charge in [-0.05, 0) is 124 Å². The normalized spacial score (nSPS) is 23.8. The molecule has 1 saturated heterocycles. The Bertz CT molecular complexity index is 1220. The standard InChI is InChI=1S/C33H48N6O/c1-6-39(27-14-12-26(13-15-27)37(3)4)31-21-25(11-10-24-16-18-38(5)19-17-24)20-28(23(31)2)33(40)36-30-9-7-8-29-32(30)35-22-34-29/h20-22,24,26-27,30H,6-9,12-19H2,1-5H3,(H,34,35)(H,36,40)/t26-,27-,30?. The van der Waals surface area contributed by atoms with Crippen molar-refractivity contribution in [3.8, 4) is 11.8 Å². The number of hydrogen-bond acceptors (Lipinski definition) is 5. The molecule has 3 aliphatic rings. The number of fused-ring (bicyclic) bond motifs is 1. The SMILES string of the molecule is CCN(c1cc(C#CC2CCN(C)CC2)cc(C(=O)NC2CCCc3[nH]cnc32)c1C)[C@H]1CC[C@H](N(C)C)CC1. The van der Waals surface area contributed by atoms with Crippen molar-refractivity contribution < 1.29 is 4.79 Å². The summed E-state index contributed by atoms with van der Waals surface area (Å²) in [5.41, 5.74) is 6.06. The minimum atomic E-state index is -0.0529. The first-order valence-electron chi connectivity index (χ1n) is 15.4. The Kier molecular flexibility index (Phi) is 9.17. The predicted octanol–water partition coefficient (Wildman–Crippen LogP) is 4.92. The fourth-order valence-electron chi connectivity index (χ4n) is 6.98. The second-order valence-corrected chi connectivity index (χ2v) is 12.4. The number of rotatable bonds is 6. The highest BCUT2D eigenvalue weighted by atomic mass is 16.1. The number of aromatic nitrogens is 2. The monoisotopic (exact) mass is 544 g/mol. The van der Waals surface area contributed by atoms with E-state index in [1.165, 1.54) is 31.4 Å². The summed E-state index contributed by atoms with van der Waals surface area (Å²) in [6.45, 7) is 7.48. The first-order chi connectivity index (χ1) is 19.3. The van der Waals surface area contributed by atoms with Crippen molar-refractivity contribution in [2.75, 3.05) is 45.7 Å². The van der Waals surface area contributed by atoms with E-state index in [1.807, 2.05) is 6.07 Å². The molecule has 216 valence electrons. The number of anilines is 1. The highest BCUT2D eigenvalue weighted by molar-refractivity contribution is 5.98. The summed E-state index contributed by atoms with van der Waals surface area (Å²) < 4.78 is 0.